The number of hydrogen-bond donors (Lipinski definition) is 2. The summed E-state index contributed by atoms with van der Waals surface area (Å²) >= 11 is 0. The Morgan fingerprint density at radius 1 is 1.02 bits per heavy atom. The van der Waals surface area contributed by atoms with Crippen LogP contribution in [-0.2, 0) is 33.0 Å². The second kappa shape index (κ2) is 14.5. The average molecular weight is 643 g/mol. The lowest BCUT2D eigenvalue weighted by Crippen LogP contribution is -2.46. The zero-order chi connectivity index (χ0) is 33.6. The Morgan fingerprint density at radius 3 is 2.34 bits per heavy atom. The molecule has 0 spiro atoms. The number of ether oxygens (including phenoxy) is 2. The average Bonchev–Trinajstić information content (AvgIpc) is 3.55. The highest BCUT2D eigenvalue weighted by molar-refractivity contribution is 5.98. The molecular weight excluding hydrogens is 604 g/mol. The van der Waals surface area contributed by atoms with Crippen LogP contribution in [0.1, 0.15) is 69.1 Å². The summed E-state index contributed by atoms with van der Waals surface area (Å²) in [6, 6.07) is 16.8. The van der Waals surface area contributed by atoms with E-state index in [-0.39, 0.29) is 41.9 Å². The molecular formula is C34H38N6O7. The highest BCUT2D eigenvalue weighted by Gasteiger charge is 2.36. The summed E-state index contributed by atoms with van der Waals surface area (Å²) in [5.74, 6) is -1.48. The normalized spacial score (nSPS) is 13.9. The SMILES string of the molecule is CC(C)C(NC(=O)Cn1c(-c2ccccc2)ncc(NC(=O)OCc2ccccc2)c1=O)C(=O)c1nnc(C(C)(C)OC2CCC2)o1. The molecule has 1 saturated carbocycles. The lowest BCUT2D eigenvalue weighted by Gasteiger charge is -2.33. The Bertz CT molecular complexity index is 1760. The zero-order valence-corrected chi connectivity index (χ0v) is 26.8. The van der Waals surface area contributed by atoms with Crippen molar-refractivity contribution in [2.75, 3.05) is 5.32 Å². The number of nitrogens with one attached hydrogen (secondary N) is 2. The van der Waals surface area contributed by atoms with Gasteiger partial charge in [-0.1, -0.05) is 74.5 Å². The van der Waals surface area contributed by atoms with Crippen molar-refractivity contribution >= 4 is 23.5 Å². The summed E-state index contributed by atoms with van der Waals surface area (Å²) in [4.78, 5) is 57.5. The smallest absolute Gasteiger partial charge is 0.412 e. The van der Waals surface area contributed by atoms with Crippen LogP contribution >= 0.6 is 0 Å². The molecule has 1 aliphatic rings. The van der Waals surface area contributed by atoms with E-state index in [9.17, 15) is 19.2 Å². The van der Waals surface area contributed by atoms with Crippen LogP contribution in [0.4, 0.5) is 10.5 Å². The second-order valence-corrected chi connectivity index (χ2v) is 12.2. The van der Waals surface area contributed by atoms with Crippen LogP contribution < -0.4 is 16.2 Å². The first-order chi connectivity index (χ1) is 22.5. The van der Waals surface area contributed by atoms with Gasteiger partial charge < -0.3 is 19.2 Å². The Hall–Kier alpha value is -5.17. The molecule has 2 amide bonds. The molecule has 2 aromatic carbocycles. The van der Waals surface area contributed by atoms with Crippen molar-refractivity contribution in [2.45, 2.75) is 77.9 Å². The minimum absolute atomic E-state index is 0.00397. The van der Waals surface area contributed by atoms with Gasteiger partial charge in [-0.25, -0.2) is 9.78 Å². The minimum atomic E-state index is -1.04. The molecule has 0 aliphatic heterocycles. The van der Waals surface area contributed by atoms with Crippen molar-refractivity contribution < 1.29 is 28.3 Å². The molecule has 0 bridgehead atoms. The molecule has 4 aromatic rings. The molecule has 1 unspecified atom stereocenters. The highest BCUT2D eigenvalue weighted by Crippen LogP contribution is 2.32. The van der Waals surface area contributed by atoms with E-state index in [1.54, 1.807) is 70.2 Å². The highest BCUT2D eigenvalue weighted by atomic mass is 16.5. The van der Waals surface area contributed by atoms with Crippen molar-refractivity contribution in [3.63, 3.8) is 0 Å². The number of anilines is 1. The molecule has 13 nitrogen and oxygen atoms in total. The van der Waals surface area contributed by atoms with E-state index in [0.29, 0.717) is 5.56 Å². The van der Waals surface area contributed by atoms with Gasteiger partial charge in [0, 0.05) is 5.56 Å². The first kappa shape index (κ1) is 33.2. The zero-order valence-electron chi connectivity index (χ0n) is 26.8. The number of Topliss-reactive ketones (excluding diaryl/α,β-unsaturated/α-hetero) is 1. The van der Waals surface area contributed by atoms with Crippen molar-refractivity contribution in [1.82, 2.24) is 25.1 Å². The van der Waals surface area contributed by atoms with E-state index in [4.69, 9.17) is 13.9 Å². The van der Waals surface area contributed by atoms with Crippen LogP contribution in [-0.4, -0.2) is 49.7 Å². The van der Waals surface area contributed by atoms with Gasteiger partial charge in [-0.3, -0.25) is 24.3 Å². The van der Waals surface area contributed by atoms with Gasteiger partial charge >= 0.3 is 6.09 Å². The summed E-state index contributed by atoms with van der Waals surface area (Å²) in [5, 5.41) is 13.2. The topological polar surface area (TPSA) is 168 Å². The van der Waals surface area contributed by atoms with Crippen LogP contribution in [0.5, 0.6) is 0 Å². The van der Waals surface area contributed by atoms with Crippen LogP contribution in [0.15, 0.2) is 76.1 Å². The Morgan fingerprint density at radius 2 is 1.70 bits per heavy atom. The fourth-order valence-electron chi connectivity index (χ4n) is 4.96. The number of hydrogen-bond acceptors (Lipinski definition) is 10. The van der Waals surface area contributed by atoms with Crippen LogP contribution in [0.2, 0.25) is 0 Å². The number of amides is 2. The lowest BCUT2D eigenvalue weighted by molar-refractivity contribution is -0.122. The number of benzene rings is 2. The van der Waals surface area contributed by atoms with E-state index in [2.05, 4.69) is 25.8 Å². The van der Waals surface area contributed by atoms with Crippen molar-refractivity contribution in [2.24, 2.45) is 5.92 Å². The van der Waals surface area contributed by atoms with Gasteiger partial charge in [0.25, 0.3) is 11.4 Å². The number of nitrogens with zero attached hydrogens (tertiary/aromatic N) is 4. The molecule has 2 aromatic heterocycles. The minimum Gasteiger partial charge on any atom is -0.444 e. The molecule has 246 valence electrons. The Labute approximate surface area is 271 Å². The van der Waals surface area contributed by atoms with Crippen molar-refractivity contribution in [3.8, 4) is 11.4 Å². The molecule has 1 atom stereocenters. The molecule has 1 aliphatic carbocycles. The largest absolute Gasteiger partial charge is 0.444 e. The fourth-order valence-corrected chi connectivity index (χ4v) is 4.96. The van der Waals surface area contributed by atoms with Gasteiger partial charge in [-0.15, -0.1) is 10.2 Å². The number of carbonyl (C=O) groups is 3. The molecule has 2 heterocycles. The molecule has 0 saturated heterocycles. The predicted molar refractivity (Wildman–Crippen MR) is 171 cm³/mol. The Balaban J connectivity index is 1.33. The van der Waals surface area contributed by atoms with Crippen LogP contribution in [0.3, 0.4) is 0 Å². The number of carbonyl (C=O) groups excluding carboxylic acids is 3. The predicted octanol–water partition coefficient (Wildman–Crippen LogP) is 4.87. The standard InChI is InChI=1S/C34H38N6O7/c1-21(2)27(28(42)30-38-39-32(46-30)34(3,4)47-24-16-11-17-24)37-26(41)19-40-29(23-14-9-6-10-15-23)35-18-25(31(40)43)36-33(44)45-20-22-12-7-5-8-13-22/h5-10,12-15,18,21,24,27H,11,16-17,19-20H2,1-4H3,(H,36,44)(H,37,41). The van der Waals surface area contributed by atoms with Gasteiger partial charge in [0.05, 0.1) is 18.3 Å². The maximum Gasteiger partial charge on any atom is 0.412 e. The quantitative estimate of drug-likeness (QED) is 0.192. The van der Waals surface area contributed by atoms with Gasteiger partial charge in [-0.2, -0.15) is 0 Å². The third kappa shape index (κ3) is 8.17. The van der Waals surface area contributed by atoms with E-state index in [1.807, 2.05) is 18.2 Å². The van der Waals surface area contributed by atoms with E-state index < -0.39 is 41.5 Å². The Kier molecular flexibility index (Phi) is 10.2. The van der Waals surface area contributed by atoms with Gasteiger partial charge in [0.15, 0.2) is 0 Å². The molecule has 0 radical (unpaired) electrons. The van der Waals surface area contributed by atoms with Gasteiger partial charge in [0.2, 0.25) is 17.6 Å². The molecule has 5 rings (SSSR count). The molecule has 1 fully saturated rings. The first-order valence-electron chi connectivity index (χ1n) is 15.5. The summed E-state index contributed by atoms with van der Waals surface area (Å²) in [7, 11) is 0. The number of aromatic nitrogens is 4. The summed E-state index contributed by atoms with van der Waals surface area (Å²) in [6.45, 7) is 6.62. The number of ketones is 1. The third-order valence-corrected chi connectivity index (χ3v) is 7.76. The number of rotatable bonds is 13. The lowest BCUT2D eigenvalue weighted by atomic mass is 9.95. The van der Waals surface area contributed by atoms with E-state index in [1.165, 1.54) is 6.20 Å². The monoisotopic (exact) mass is 642 g/mol. The maximum absolute atomic E-state index is 13.6. The molecule has 2 N–H and O–H groups in total. The van der Waals surface area contributed by atoms with E-state index >= 15 is 0 Å². The second-order valence-electron chi connectivity index (χ2n) is 12.2. The van der Waals surface area contributed by atoms with Crippen molar-refractivity contribution in [3.05, 3.63) is 94.6 Å². The van der Waals surface area contributed by atoms with Crippen LogP contribution in [0, 0.1) is 5.92 Å². The van der Waals surface area contributed by atoms with Gasteiger partial charge in [0.1, 0.15) is 30.3 Å². The molecule has 13 heteroatoms. The maximum atomic E-state index is 13.6. The van der Waals surface area contributed by atoms with Crippen molar-refractivity contribution in [1.29, 1.82) is 0 Å². The molecule has 47 heavy (non-hydrogen) atoms. The first-order valence-corrected chi connectivity index (χ1v) is 15.5. The third-order valence-electron chi connectivity index (χ3n) is 7.76. The van der Waals surface area contributed by atoms with Crippen LogP contribution in [0.25, 0.3) is 11.4 Å². The van der Waals surface area contributed by atoms with E-state index in [0.717, 1.165) is 29.4 Å². The summed E-state index contributed by atoms with van der Waals surface area (Å²) in [6.07, 6.45) is 3.46. The summed E-state index contributed by atoms with van der Waals surface area (Å²) < 4.78 is 18.2. The fraction of sp³-hybridized carbons (Fsp3) is 0.382. The summed E-state index contributed by atoms with van der Waals surface area (Å²) in [5.41, 5.74) is -0.420. The van der Waals surface area contributed by atoms with Gasteiger partial charge in [-0.05, 0) is 44.6 Å².